The van der Waals surface area contributed by atoms with Gasteiger partial charge in [-0.05, 0) is 42.8 Å². The van der Waals surface area contributed by atoms with Crippen LogP contribution in [0.5, 0.6) is 0 Å². The number of nitrogens with zero attached hydrogens (tertiary/aromatic N) is 3. The number of benzene rings is 1. The maximum atomic E-state index is 12.6. The molecule has 25 heavy (non-hydrogen) atoms. The molecule has 3 heterocycles. The zero-order valence-corrected chi connectivity index (χ0v) is 13.5. The lowest BCUT2D eigenvalue weighted by molar-refractivity contribution is 1.14. The normalized spacial score (nSPS) is 10.8. The number of hydrogen-bond donors (Lipinski definition) is 2. The van der Waals surface area contributed by atoms with E-state index >= 15 is 0 Å². The van der Waals surface area contributed by atoms with Crippen LogP contribution in [0.3, 0.4) is 0 Å². The minimum absolute atomic E-state index is 0.256. The minimum atomic E-state index is -0.256. The number of pyridine rings is 2. The zero-order valence-electron chi connectivity index (χ0n) is 13.5. The lowest BCUT2D eigenvalue weighted by Crippen LogP contribution is -2.13. The van der Waals surface area contributed by atoms with E-state index in [2.05, 4.69) is 25.3 Å². The van der Waals surface area contributed by atoms with Crippen LogP contribution in [0.25, 0.3) is 22.3 Å². The van der Waals surface area contributed by atoms with Gasteiger partial charge < -0.3 is 5.32 Å². The van der Waals surface area contributed by atoms with Crippen LogP contribution in [0.1, 0.15) is 5.56 Å². The summed E-state index contributed by atoms with van der Waals surface area (Å²) in [5.41, 5.74) is 3.51. The molecule has 122 valence electrons. The summed E-state index contributed by atoms with van der Waals surface area (Å²) in [4.78, 5) is 28.4. The van der Waals surface area contributed by atoms with Crippen molar-refractivity contribution in [3.05, 3.63) is 76.8 Å². The molecule has 0 aliphatic rings. The summed E-state index contributed by atoms with van der Waals surface area (Å²) in [6.45, 7) is 2.00. The second-order valence-corrected chi connectivity index (χ2v) is 5.68. The molecule has 0 saturated heterocycles. The Morgan fingerprint density at radius 3 is 2.72 bits per heavy atom. The molecule has 0 spiro atoms. The highest BCUT2D eigenvalue weighted by Crippen LogP contribution is 2.23. The van der Waals surface area contributed by atoms with E-state index in [-0.39, 0.29) is 5.56 Å². The van der Waals surface area contributed by atoms with Crippen LogP contribution in [0.4, 0.5) is 11.6 Å². The number of aromatic nitrogens is 4. The molecule has 0 aliphatic heterocycles. The summed E-state index contributed by atoms with van der Waals surface area (Å²) in [6, 6.07) is 15.2. The second-order valence-electron chi connectivity index (χ2n) is 5.68. The van der Waals surface area contributed by atoms with Crippen LogP contribution < -0.4 is 10.9 Å². The van der Waals surface area contributed by atoms with Crippen LogP contribution >= 0.6 is 0 Å². The Bertz CT molecular complexity index is 1110. The van der Waals surface area contributed by atoms with E-state index in [0.717, 1.165) is 11.3 Å². The predicted octanol–water partition coefficient (Wildman–Crippen LogP) is 3.43. The summed E-state index contributed by atoms with van der Waals surface area (Å²) in [5.74, 6) is 0.355. The van der Waals surface area contributed by atoms with Crippen molar-refractivity contribution in [3.63, 3.8) is 0 Å². The molecule has 0 atom stereocenters. The quantitative estimate of drug-likeness (QED) is 0.601. The molecule has 0 radical (unpaired) electrons. The van der Waals surface area contributed by atoms with Gasteiger partial charge in [0, 0.05) is 23.6 Å². The van der Waals surface area contributed by atoms with Crippen LogP contribution in [0.15, 0.2) is 65.7 Å². The first-order valence-corrected chi connectivity index (χ1v) is 7.85. The van der Waals surface area contributed by atoms with Crippen LogP contribution in [0, 0.1) is 6.92 Å². The van der Waals surface area contributed by atoms with Gasteiger partial charge in [0.2, 0.25) is 5.95 Å². The fraction of sp³-hybridized carbons (Fsp3) is 0.0526. The molecule has 2 N–H and O–H groups in total. The van der Waals surface area contributed by atoms with Crippen molar-refractivity contribution in [1.82, 2.24) is 19.9 Å². The Kier molecular flexibility index (Phi) is 3.70. The van der Waals surface area contributed by atoms with E-state index in [1.165, 1.54) is 0 Å². The number of rotatable bonds is 3. The van der Waals surface area contributed by atoms with Crippen molar-refractivity contribution < 1.29 is 0 Å². The molecule has 6 heteroatoms. The van der Waals surface area contributed by atoms with Crippen LogP contribution in [0.2, 0.25) is 0 Å². The number of nitrogens with one attached hydrogen (secondary N) is 2. The first-order chi connectivity index (χ1) is 12.2. The van der Waals surface area contributed by atoms with Crippen molar-refractivity contribution in [1.29, 1.82) is 0 Å². The molecule has 0 fully saturated rings. The van der Waals surface area contributed by atoms with Crippen molar-refractivity contribution in [2.24, 2.45) is 0 Å². The number of aryl methyl sites for hydroxylation is 1. The standard InChI is InChI=1S/C19H15N5O/c1-12-5-4-6-13(11-12)22-19-23-17-16(18(25)24-19)14(8-10-21-17)15-7-2-3-9-20-15/h2-11H,1H3,(H2,21,22,23,24,25). The molecule has 3 aromatic heterocycles. The van der Waals surface area contributed by atoms with Gasteiger partial charge in [0.1, 0.15) is 0 Å². The molecule has 1 aromatic carbocycles. The number of fused-ring (bicyclic) bond motifs is 1. The molecular weight excluding hydrogens is 314 g/mol. The molecule has 0 aliphatic carbocycles. The van der Waals surface area contributed by atoms with E-state index in [9.17, 15) is 4.79 Å². The molecule has 0 bridgehead atoms. The van der Waals surface area contributed by atoms with Gasteiger partial charge in [0.15, 0.2) is 5.65 Å². The van der Waals surface area contributed by atoms with Crippen LogP contribution in [-0.2, 0) is 0 Å². The fourth-order valence-corrected chi connectivity index (χ4v) is 2.72. The van der Waals surface area contributed by atoms with E-state index in [1.807, 2.05) is 49.4 Å². The fourth-order valence-electron chi connectivity index (χ4n) is 2.72. The Balaban J connectivity index is 1.83. The highest BCUT2D eigenvalue weighted by Gasteiger charge is 2.12. The first kappa shape index (κ1) is 15.0. The first-order valence-electron chi connectivity index (χ1n) is 7.85. The van der Waals surface area contributed by atoms with Gasteiger partial charge in [-0.1, -0.05) is 18.2 Å². The van der Waals surface area contributed by atoms with Gasteiger partial charge in [-0.15, -0.1) is 0 Å². The van der Waals surface area contributed by atoms with E-state index in [1.54, 1.807) is 18.5 Å². The number of anilines is 2. The van der Waals surface area contributed by atoms with E-state index in [4.69, 9.17) is 0 Å². The summed E-state index contributed by atoms with van der Waals surface area (Å²) < 4.78 is 0. The van der Waals surface area contributed by atoms with Gasteiger partial charge in [-0.2, -0.15) is 4.98 Å². The lowest BCUT2D eigenvalue weighted by atomic mass is 10.1. The average molecular weight is 329 g/mol. The third-order valence-electron chi connectivity index (χ3n) is 3.83. The third-order valence-corrected chi connectivity index (χ3v) is 3.83. The highest BCUT2D eigenvalue weighted by atomic mass is 16.1. The molecular formula is C19H15N5O. The largest absolute Gasteiger partial charge is 0.326 e. The van der Waals surface area contributed by atoms with Gasteiger partial charge in [-0.25, -0.2) is 4.98 Å². The van der Waals surface area contributed by atoms with E-state index < -0.39 is 0 Å². The topological polar surface area (TPSA) is 83.6 Å². The highest BCUT2D eigenvalue weighted by molar-refractivity contribution is 5.91. The summed E-state index contributed by atoms with van der Waals surface area (Å²) in [5, 5.41) is 3.54. The summed E-state index contributed by atoms with van der Waals surface area (Å²) in [7, 11) is 0. The zero-order chi connectivity index (χ0) is 17.2. The Hall–Kier alpha value is -3.54. The Labute approximate surface area is 143 Å². The average Bonchev–Trinajstić information content (AvgIpc) is 2.62. The minimum Gasteiger partial charge on any atom is -0.326 e. The lowest BCUT2D eigenvalue weighted by Gasteiger charge is -2.08. The maximum Gasteiger partial charge on any atom is 0.262 e. The molecule has 0 unspecified atom stereocenters. The van der Waals surface area contributed by atoms with Gasteiger partial charge in [-0.3, -0.25) is 14.8 Å². The summed E-state index contributed by atoms with van der Waals surface area (Å²) >= 11 is 0. The van der Waals surface area contributed by atoms with Crippen molar-refractivity contribution in [3.8, 4) is 11.3 Å². The third kappa shape index (κ3) is 2.97. The molecule has 4 aromatic rings. The maximum absolute atomic E-state index is 12.6. The molecule has 4 rings (SSSR count). The predicted molar refractivity (Wildman–Crippen MR) is 97.9 cm³/mol. The Morgan fingerprint density at radius 1 is 1.00 bits per heavy atom. The monoisotopic (exact) mass is 329 g/mol. The number of aromatic amines is 1. The van der Waals surface area contributed by atoms with Gasteiger partial charge >= 0.3 is 0 Å². The smallest absolute Gasteiger partial charge is 0.262 e. The SMILES string of the molecule is Cc1cccc(Nc2nc3nccc(-c4ccccn4)c3c(=O)[nH]2)c1. The van der Waals surface area contributed by atoms with Crippen molar-refractivity contribution in [2.75, 3.05) is 5.32 Å². The van der Waals surface area contributed by atoms with E-state index in [0.29, 0.717) is 28.2 Å². The molecule has 6 nitrogen and oxygen atoms in total. The van der Waals surface area contributed by atoms with Crippen LogP contribution in [-0.4, -0.2) is 19.9 Å². The second kappa shape index (κ2) is 6.16. The number of H-pyrrole nitrogens is 1. The van der Waals surface area contributed by atoms with Crippen molar-refractivity contribution in [2.45, 2.75) is 6.92 Å². The van der Waals surface area contributed by atoms with Gasteiger partial charge in [0.25, 0.3) is 5.56 Å². The summed E-state index contributed by atoms with van der Waals surface area (Å²) in [6.07, 6.45) is 3.33. The molecule has 0 amide bonds. The number of hydrogen-bond acceptors (Lipinski definition) is 5. The van der Waals surface area contributed by atoms with Crippen molar-refractivity contribution >= 4 is 22.7 Å². The Morgan fingerprint density at radius 2 is 1.92 bits per heavy atom. The van der Waals surface area contributed by atoms with Gasteiger partial charge in [0.05, 0.1) is 11.1 Å². The molecule has 0 saturated carbocycles.